The van der Waals surface area contributed by atoms with Crippen molar-refractivity contribution < 1.29 is 9.90 Å². The average Bonchev–Trinajstić information content (AvgIpc) is 1.63. The fraction of sp³-hybridized carbons (Fsp3) is 0.571. The number of carboxylic acids is 1. The van der Waals surface area contributed by atoms with Crippen LogP contribution < -0.4 is 0 Å². The van der Waals surface area contributed by atoms with E-state index in [0.29, 0.717) is 0 Å². The molecule has 1 N–H and O–H groups in total. The predicted octanol–water partition coefficient (Wildman–Crippen LogP) is 2.02. The molecule has 59 valence electrons. The van der Waals surface area contributed by atoms with Crippen molar-refractivity contribution in [1.29, 1.82) is 0 Å². The first-order valence-electron chi connectivity index (χ1n) is 3.03. The fourth-order valence-corrected chi connectivity index (χ4v) is 0. The summed E-state index contributed by atoms with van der Waals surface area (Å²) in [6, 6.07) is 0. The van der Waals surface area contributed by atoms with Crippen LogP contribution >= 0.6 is 0 Å². The molecule has 0 rings (SSSR count). The molecule has 3 heteroatoms. The van der Waals surface area contributed by atoms with Crippen molar-refractivity contribution in [2.45, 2.75) is 20.4 Å². The Morgan fingerprint density at radius 3 is 1.50 bits per heavy atom. The van der Waals surface area contributed by atoms with Gasteiger partial charge in [-0.15, -0.1) is 0 Å². The van der Waals surface area contributed by atoms with Crippen molar-refractivity contribution in [1.82, 2.24) is 0 Å². The number of hydrogen-bond acceptors (Lipinski definition) is 1. The van der Waals surface area contributed by atoms with Gasteiger partial charge in [0.05, 0.1) is 0 Å². The van der Waals surface area contributed by atoms with Gasteiger partial charge in [-0.1, -0.05) is 6.58 Å². The molecule has 0 bridgehead atoms. The fourth-order valence-electron chi connectivity index (χ4n) is 0. The minimum atomic E-state index is -0.935. The normalized spacial score (nSPS) is 8.10. The van der Waals surface area contributed by atoms with Crippen molar-refractivity contribution >= 4 is 28.7 Å². The Bertz CT molecular complexity index is 104. The number of rotatable bonds is 1. The van der Waals surface area contributed by atoms with Crippen molar-refractivity contribution in [2.75, 3.05) is 0 Å². The molecule has 10 heavy (non-hydrogen) atoms. The van der Waals surface area contributed by atoms with E-state index in [1.54, 1.807) is 0 Å². The van der Waals surface area contributed by atoms with Gasteiger partial charge in [-0.05, 0) is 6.92 Å². The Hall–Kier alpha value is 0.132. The van der Waals surface area contributed by atoms with Gasteiger partial charge in [-0.3, -0.25) is 0 Å². The third kappa shape index (κ3) is 24.2. The van der Waals surface area contributed by atoms with E-state index in [-0.39, 0.29) is 5.57 Å². The van der Waals surface area contributed by atoms with Gasteiger partial charge in [0.15, 0.2) is 0 Å². The first-order chi connectivity index (χ1) is 4.37. The summed E-state index contributed by atoms with van der Waals surface area (Å²) >= 11 is -0.657. The Kier molecular flexibility index (Phi) is 9.25. The molecule has 0 atom stereocenters. The molecule has 0 fully saturated rings. The maximum atomic E-state index is 9.60. The molecular formula is C7H15O2Pb. The molecule has 0 aliphatic rings. The molecule has 2 nitrogen and oxygen atoms in total. The number of carboxylic acid groups (broad SMARTS) is 1. The Morgan fingerprint density at radius 1 is 1.40 bits per heavy atom. The van der Waals surface area contributed by atoms with Gasteiger partial charge < -0.3 is 5.11 Å². The van der Waals surface area contributed by atoms with Gasteiger partial charge >= 0.3 is 42.1 Å². The molecule has 0 aromatic rings. The summed E-state index contributed by atoms with van der Waals surface area (Å²) in [5.74, 6) is -0.935. The molecule has 0 saturated carbocycles. The van der Waals surface area contributed by atoms with Crippen LogP contribution in [0.4, 0.5) is 0 Å². The Balaban J connectivity index is 0. The van der Waals surface area contributed by atoms with E-state index in [0.717, 1.165) is 0 Å². The van der Waals surface area contributed by atoms with Crippen molar-refractivity contribution in [3.05, 3.63) is 12.2 Å². The van der Waals surface area contributed by atoms with E-state index in [1.807, 2.05) is 0 Å². The third-order valence-electron chi connectivity index (χ3n) is 0.365. The van der Waals surface area contributed by atoms with Crippen LogP contribution in [0.2, 0.25) is 13.4 Å². The summed E-state index contributed by atoms with van der Waals surface area (Å²) in [5, 5.41) is 7.89. The van der Waals surface area contributed by atoms with E-state index in [1.165, 1.54) is 6.92 Å². The van der Waals surface area contributed by atoms with Crippen LogP contribution in [-0.2, 0) is 4.79 Å². The second-order valence-electron chi connectivity index (χ2n) is 2.59. The van der Waals surface area contributed by atoms with Gasteiger partial charge in [0, 0.05) is 5.57 Å². The van der Waals surface area contributed by atoms with E-state index in [4.69, 9.17) is 5.11 Å². The summed E-state index contributed by atoms with van der Waals surface area (Å²) in [7, 11) is 0. The molecule has 0 unspecified atom stereocenters. The SMILES string of the molecule is C=C(C)C(=O)O.[CH3][Pb]([CH3])[CH3]. The topological polar surface area (TPSA) is 37.3 Å². The standard InChI is InChI=1S/C4H6O2.3CH3.Pb/c1-3(2)4(5)6;;;;/h1H2,2H3,(H,5,6);3*1H3;. The third-order valence-corrected chi connectivity index (χ3v) is 0.365. The summed E-state index contributed by atoms with van der Waals surface area (Å²) in [6.07, 6.45) is 0. The summed E-state index contributed by atoms with van der Waals surface area (Å²) in [4.78, 5) is 9.60. The molecule has 0 saturated heterocycles. The first kappa shape index (κ1) is 12.8. The predicted molar refractivity (Wildman–Crippen MR) is 45.8 cm³/mol. The van der Waals surface area contributed by atoms with Crippen LogP contribution in [0.1, 0.15) is 6.92 Å². The van der Waals surface area contributed by atoms with E-state index in [2.05, 4.69) is 20.0 Å². The molecule has 0 aliphatic carbocycles. The summed E-state index contributed by atoms with van der Waals surface area (Å²) in [5.41, 5.74) is 0.176. The monoisotopic (exact) mass is 339 g/mol. The van der Waals surface area contributed by atoms with E-state index >= 15 is 0 Å². The quantitative estimate of drug-likeness (QED) is 0.587. The van der Waals surface area contributed by atoms with Crippen LogP contribution in [-0.4, -0.2) is 33.8 Å². The van der Waals surface area contributed by atoms with Gasteiger partial charge in [0.2, 0.25) is 0 Å². The summed E-state index contributed by atoms with van der Waals surface area (Å²) < 4.78 is 7.14. The summed E-state index contributed by atoms with van der Waals surface area (Å²) in [6.45, 7) is 4.60. The Morgan fingerprint density at radius 2 is 1.50 bits per heavy atom. The molecule has 0 spiro atoms. The van der Waals surface area contributed by atoms with Crippen molar-refractivity contribution in [3.63, 3.8) is 0 Å². The van der Waals surface area contributed by atoms with Crippen LogP contribution in [0.3, 0.4) is 0 Å². The molecule has 0 amide bonds. The Labute approximate surface area is 71.1 Å². The number of carbonyl (C=O) groups is 1. The second-order valence-corrected chi connectivity index (χ2v) is 14.2. The van der Waals surface area contributed by atoms with Crippen LogP contribution in [0, 0.1) is 0 Å². The van der Waals surface area contributed by atoms with Crippen LogP contribution in [0.25, 0.3) is 0 Å². The minimum absolute atomic E-state index is 0.176. The second kappa shape index (κ2) is 7.24. The molecule has 0 aliphatic heterocycles. The van der Waals surface area contributed by atoms with Gasteiger partial charge in [0.1, 0.15) is 0 Å². The zero-order valence-corrected chi connectivity index (χ0v) is 11.0. The van der Waals surface area contributed by atoms with Crippen molar-refractivity contribution in [3.8, 4) is 0 Å². The number of aliphatic carboxylic acids is 1. The molecule has 0 aromatic heterocycles. The van der Waals surface area contributed by atoms with Crippen molar-refractivity contribution in [2.24, 2.45) is 0 Å². The van der Waals surface area contributed by atoms with Gasteiger partial charge in [-0.2, -0.15) is 0 Å². The zero-order chi connectivity index (χ0) is 8.73. The van der Waals surface area contributed by atoms with Crippen LogP contribution in [0.15, 0.2) is 12.2 Å². The van der Waals surface area contributed by atoms with E-state index < -0.39 is 28.7 Å². The first-order valence-corrected chi connectivity index (χ1v) is 14.7. The molecule has 0 heterocycles. The maximum absolute atomic E-state index is 9.60. The zero-order valence-electron chi connectivity index (χ0n) is 7.06. The van der Waals surface area contributed by atoms with Gasteiger partial charge in [0.25, 0.3) is 0 Å². The number of hydrogen-bond donors (Lipinski definition) is 1. The van der Waals surface area contributed by atoms with Crippen LogP contribution in [0.5, 0.6) is 0 Å². The molecule has 1 radical (unpaired) electrons. The van der Waals surface area contributed by atoms with Gasteiger partial charge in [-0.25, -0.2) is 4.79 Å². The van der Waals surface area contributed by atoms with E-state index in [9.17, 15) is 4.79 Å². The molecule has 0 aromatic carbocycles. The average molecular weight is 338 g/mol. The molecular weight excluding hydrogens is 323 g/mol.